The molecule has 196 valence electrons. The molecule has 2 aliphatic heterocycles. The summed E-state index contributed by atoms with van der Waals surface area (Å²) in [5, 5.41) is 0. The maximum absolute atomic E-state index is 13.7. The lowest BCUT2D eigenvalue weighted by atomic mass is 9.95. The number of amides is 1. The van der Waals surface area contributed by atoms with Crippen molar-refractivity contribution in [1.29, 1.82) is 0 Å². The van der Waals surface area contributed by atoms with Crippen LogP contribution in [0.15, 0.2) is 24.3 Å². The minimum atomic E-state index is -3.84. The molecule has 1 saturated carbocycles. The average Bonchev–Trinajstić information content (AvgIpc) is 3.40. The first kappa shape index (κ1) is 26.4. The number of nitrogens with zero attached hydrogens (tertiary/aromatic N) is 3. The zero-order chi connectivity index (χ0) is 24.9. The van der Waals surface area contributed by atoms with Gasteiger partial charge in [-0.2, -0.15) is 4.31 Å². The van der Waals surface area contributed by atoms with Crippen LogP contribution in [-0.4, -0.2) is 87.8 Å². The molecular weight excluding hydrogens is 464 g/mol. The number of hydrogen-bond acceptors (Lipinski definition) is 6. The smallest absolute Gasteiger partial charge is 0.240 e. The van der Waals surface area contributed by atoms with E-state index in [0.717, 1.165) is 24.6 Å². The largest absolute Gasteiger partial charge is 0.383 e. The van der Waals surface area contributed by atoms with Gasteiger partial charge in [0.15, 0.2) is 4.75 Å². The van der Waals surface area contributed by atoms with Gasteiger partial charge in [-0.05, 0) is 49.3 Å². The summed E-state index contributed by atoms with van der Waals surface area (Å²) >= 11 is 0. The van der Waals surface area contributed by atoms with Gasteiger partial charge in [-0.1, -0.05) is 37.8 Å². The number of anilines is 1. The Kier molecular flexibility index (Phi) is 8.73. The first-order chi connectivity index (χ1) is 16.9. The van der Waals surface area contributed by atoms with Crippen LogP contribution >= 0.6 is 0 Å². The lowest BCUT2D eigenvalue weighted by molar-refractivity contribution is -0.121. The predicted molar refractivity (Wildman–Crippen MR) is 139 cm³/mol. The third-order valence-corrected chi connectivity index (χ3v) is 11.1. The molecule has 1 aromatic carbocycles. The summed E-state index contributed by atoms with van der Waals surface area (Å²) in [6.45, 7) is 4.31. The number of rotatable bonds is 10. The maximum Gasteiger partial charge on any atom is 0.240 e. The van der Waals surface area contributed by atoms with E-state index >= 15 is 0 Å². The Morgan fingerprint density at radius 1 is 1.03 bits per heavy atom. The van der Waals surface area contributed by atoms with Crippen molar-refractivity contribution in [1.82, 2.24) is 9.21 Å². The number of benzene rings is 1. The standard InChI is InChI=1S/C26H42N4O4S/c1-34-21-20-28-14-12-26(13-15-28,25(27)31)35(32,33)30-18-16-29(17-19-30)24-10-8-23(9-11-24)7-6-22-4-2-3-5-22/h8-11,22H,2-7,12-21H2,1H3,(H2,27,31). The third-order valence-electron chi connectivity index (χ3n) is 8.41. The minimum absolute atomic E-state index is 0.233. The van der Waals surface area contributed by atoms with E-state index in [-0.39, 0.29) is 12.8 Å². The first-order valence-corrected chi connectivity index (χ1v) is 14.6. The fraction of sp³-hybridized carbons (Fsp3) is 0.731. The van der Waals surface area contributed by atoms with Crippen molar-refractivity contribution in [3.05, 3.63) is 29.8 Å². The molecule has 0 spiro atoms. The predicted octanol–water partition coefficient (Wildman–Crippen LogP) is 2.23. The van der Waals surface area contributed by atoms with Crippen LogP contribution in [0.5, 0.6) is 0 Å². The normalized spacial score (nSPS) is 22.5. The SMILES string of the molecule is COCCN1CCC(C(N)=O)(S(=O)(=O)N2CCN(c3ccc(CCC4CCCC4)cc3)CC2)CC1. The number of carbonyl (C=O) groups is 1. The van der Waals surface area contributed by atoms with Gasteiger partial charge < -0.3 is 20.3 Å². The number of methoxy groups -OCH3 is 1. The first-order valence-electron chi connectivity index (χ1n) is 13.2. The molecule has 4 rings (SSSR count). The van der Waals surface area contributed by atoms with Crippen LogP contribution in [0.2, 0.25) is 0 Å². The second-order valence-electron chi connectivity index (χ2n) is 10.4. The van der Waals surface area contributed by atoms with Crippen molar-refractivity contribution < 1.29 is 17.9 Å². The van der Waals surface area contributed by atoms with Gasteiger partial charge in [-0.25, -0.2) is 8.42 Å². The summed E-state index contributed by atoms with van der Waals surface area (Å²) in [5.41, 5.74) is 8.24. The Labute approximate surface area is 210 Å². The number of nitrogens with two attached hydrogens (primary N) is 1. The van der Waals surface area contributed by atoms with E-state index in [1.54, 1.807) is 7.11 Å². The Morgan fingerprint density at radius 2 is 1.66 bits per heavy atom. The summed E-state index contributed by atoms with van der Waals surface area (Å²) in [5.74, 6) is 0.172. The summed E-state index contributed by atoms with van der Waals surface area (Å²) in [7, 11) is -2.20. The molecule has 9 heteroatoms. The fourth-order valence-electron chi connectivity index (χ4n) is 5.97. The van der Waals surface area contributed by atoms with E-state index in [1.165, 1.54) is 42.0 Å². The van der Waals surface area contributed by atoms with E-state index in [0.29, 0.717) is 45.9 Å². The Hall–Kier alpha value is -1.68. The maximum atomic E-state index is 13.7. The summed E-state index contributed by atoms with van der Waals surface area (Å²) < 4.78 is 32.4. The molecule has 0 radical (unpaired) electrons. The van der Waals surface area contributed by atoms with Gasteiger partial charge in [-0.15, -0.1) is 0 Å². The second-order valence-corrected chi connectivity index (χ2v) is 12.7. The molecular formula is C26H42N4O4S. The van der Waals surface area contributed by atoms with Crippen LogP contribution in [0, 0.1) is 5.92 Å². The van der Waals surface area contributed by atoms with Crippen molar-refractivity contribution in [3.63, 3.8) is 0 Å². The Bertz CT molecular complexity index is 931. The molecule has 0 bridgehead atoms. The summed E-state index contributed by atoms with van der Waals surface area (Å²) in [6.07, 6.45) is 8.42. The van der Waals surface area contributed by atoms with Crippen molar-refractivity contribution in [2.45, 2.75) is 56.1 Å². The highest BCUT2D eigenvalue weighted by molar-refractivity contribution is 7.91. The van der Waals surface area contributed by atoms with Crippen LogP contribution < -0.4 is 10.6 Å². The van der Waals surface area contributed by atoms with Crippen molar-refractivity contribution in [2.24, 2.45) is 11.7 Å². The molecule has 3 fully saturated rings. The molecule has 8 nitrogen and oxygen atoms in total. The highest BCUT2D eigenvalue weighted by atomic mass is 32.2. The number of ether oxygens (including phenoxy) is 1. The van der Waals surface area contributed by atoms with Gasteiger partial charge in [0.25, 0.3) is 0 Å². The monoisotopic (exact) mass is 506 g/mol. The van der Waals surface area contributed by atoms with E-state index in [9.17, 15) is 13.2 Å². The minimum Gasteiger partial charge on any atom is -0.383 e. The van der Waals surface area contributed by atoms with Gasteiger partial charge in [-0.3, -0.25) is 4.79 Å². The van der Waals surface area contributed by atoms with E-state index in [4.69, 9.17) is 10.5 Å². The number of primary amides is 1. The van der Waals surface area contributed by atoms with Gasteiger partial charge in [0.1, 0.15) is 0 Å². The number of likely N-dealkylation sites (tertiary alicyclic amines) is 1. The second kappa shape index (κ2) is 11.6. The lowest BCUT2D eigenvalue weighted by Crippen LogP contribution is -2.63. The van der Waals surface area contributed by atoms with Gasteiger partial charge in [0.2, 0.25) is 15.9 Å². The highest BCUT2D eigenvalue weighted by Gasteiger charge is 2.53. The van der Waals surface area contributed by atoms with Gasteiger partial charge >= 0.3 is 0 Å². The fourth-order valence-corrected chi connectivity index (χ4v) is 8.06. The molecule has 0 unspecified atom stereocenters. The molecule has 1 aromatic rings. The molecule has 2 N–H and O–H groups in total. The number of carbonyl (C=O) groups excluding carboxylic acids is 1. The zero-order valence-electron chi connectivity index (χ0n) is 21.2. The van der Waals surface area contributed by atoms with Crippen LogP contribution in [0.3, 0.4) is 0 Å². The number of piperidine rings is 1. The molecule has 0 atom stereocenters. The van der Waals surface area contributed by atoms with E-state index in [2.05, 4.69) is 34.1 Å². The van der Waals surface area contributed by atoms with Crippen LogP contribution in [0.25, 0.3) is 0 Å². The summed E-state index contributed by atoms with van der Waals surface area (Å²) in [6, 6.07) is 8.75. The number of sulfonamides is 1. The van der Waals surface area contributed by atoms with Gasteiger partial charge in [0, 0.05) is 58.6 Å². The quantitative estimate of drug-likeness (QED) is 0.523. The topological polar surface area (TPSA) is 96.2 Å². The molecule has 0 aromatic heterocycles. The van der Waals surface area contributed by atoms with Gasteiger partial charge in [0.05, 0.1) is 6.61 Å². The third kappa shape index (κ3) is 5.84. The Morgan fingerprint density at radius 3 is 2.23 bits per heavy atom. The van der Waals surface area contributed by atoms with E-state index in [1.807, 2.05) is 0 Å². The Balaban J connectivity index is 1.33. The molecule has 2 saturated heterocycles. The zero-order valence-corrected chi connectivity index (χ0v) is 22.0. The van der Waals surface area contributed by atoms with Crippen LogP contribution in [0.1, 0.15) is 50.5 Å². The van der Waals surface area contributed by atoms with Crippen molar-refractivity contribution in [3.8, 4) is 0 Å². The molecule has 3 aliphatic rings. The molecule has 35 heavy (non-hydrogen) atoms. The molecule has 2 heterocycles. The van der Waals surface area contributed by atoms with E-state index < -0.39 is 20.7 Å². The number of piperazine rings is 1. The van der Waals surface area contributed by atoms with Crippen molar-refractivity contribution in [2.75, 3.05) is 64.4 Å². The summed E-state index contributed by atoms with van der Waals surface area (Å²) in [4.78, 5) is 16.9. The lowest BCUT2D eigenvalue weighted by Gasteiger charge is -2.43. The van der Waals surface area contributed by atoms with Crippen molar-refractivity contribution >= 4 is 21.6 Å². The number of hydrogen-bond donors (Lipinski definition) is 1. The molecule has 1 aliphatic carbocycles. The molecule has 1 amide bonds. The number of aryl methyl sites for hydroxylation is 1. The van der Waals surface area contributed by atoms with Crippen LogP contribution in [0.4, 0.5) is 5.69 Å². The highest BCUT2D eigenvalue weighted by Crippen LogP contribution is 2.34. The van der Waals surface area contributed by atoms with Crippen LogP contribution in [-0.2, 0) is 26.0 Å². The average molecular weight is 507 g/mol.